The summed E-state index contributed by atoms with van der Waals surface area (Å²) < 4.78 is 27.2. The van der Waals surface area contributed by atoms with E-state index in [1.165, 1.54) is 0 Å². The molecule has 5 nitrogen and oxygen atoms in total. The summed E-state index contributed by atoms with van der Waals surface area (Å²) in [6, 6.07) is 7.13. The molecule has 0 radical (unpaired) electrons. The lowest BCUT2D eigenvalue weighted by atomic mass is 10.3. The zero-order valence-corrected chi connectivity index (χ0v) is 12.0. The smallest absolute Gasteiger partial charge is 0.460 e. The molecule has 1 aromatic rings. The summed E-state index contributed by atoms with van der Waals surface area (Å²) in [5.41, 5.74) is 0. The molecule has 0 unspecified atom stereocenters. The molecule has 5 heteroatoms. The third-order valence-electron chi connectivity index (χ3n) is 2.27. The molecule has 0 N–H and O–H groups in total. The van der Waals surface area contributed by atoms with Gasteiger partial charge >= 0.3 is 6.16 Å². The molecule has 0 fully saturated rings. The molecule has 0 heterocycles. The van der Waals surface area contributed by atoms with Crippen LogP contribution in [0.15, 0.2) is 24.3 Å². The third kappa shape index (κ3) is 4.70. The average Bonchev–Trinajstić information content (AvgIpc) is 2.40. The van der Waals surface area contributed by atoms with Crippen LogP contribution in [-0.4, -0.2) is 33.1 Å². The monoisotopic (exact) mass is 270 g/mol. The maximum atomic E-state index is 5.70. The van der Waals surface area contributed by atoms with Gasteiger partial charge in [-0.05, 0) is 45.0 Å². The van der Waals surface area contributed by atoms with Gasteiger partial charge in [0.15, 0.2) is 0 Å². The Hall–Kier alpha value is -1.30. The van der Waals surface area contributed by atoms with Gasteiger partial charge in [-0.2, -0.15) is 0 Å². The second kappa shape index (κ2) is 7.99. The molecule has 19 heavy (non-hydrogen) atoms. The summed E-state index contributed by atoms with van der Waals surface area (Å²) in [4.78, 5) is 0. The minimum Gasteiger partial charge on any atom is -0.497 e. The minimum absolute atomic E-state index is 0.413. The summed E-state index contributed by atoms with van der Waals surface area (Å²) in [6.07, 6.45) is -1.49. The van der Waals surface area contributed by atoms with Crippen LogP contribution >= 0.6 is 0 Å². The van der Waals surface area contributed by atoms with Crippen molar-refractivity contribution < 1.29 is 23.7 Å². The first-order valence-electron chi connectivity index (χ1n) is 6.44. The second-order valence-electron chi connectivity index (χ2n) is 3.58. The van der Waals surface area contributed by atoms with E-state index in [9.17, 15) is 0 Å². The highest BCUT2D eigenvalue weighted by atomic mass is 17.0. The van der Waals surface area contributed by atoms with E-state index in [1.54, 1.807) is 31.4 Å². The van der Waals surface area contributed by atoms with Crippen LogP contribution in [-0.2, 0) is 14.2 Å². The molecule has 1 rings (SSSR count). The van der Waals surface area contributed by atoms with Gasteiger partial charge in [0.25, 0.3) is 0 Å². The van der Waals surface area contributed by atoms with Gasteiger partial charge in [-0.25, -0.2) is 0 Å². The van der Waals surface area contributed by atoms with Gasteiger partial charge in [0.05, 0.1) is 26.9 Å². The van der Waals surface area contributed by atoms with Crippen LogP contribution in [0.2, 0.25) is 0 Å². The van der Waals surface area contributed by atoms with E-state index in [0.29, 0.717) is 25.6 Å². The van der Waals surface area contributed by atoms with Gasteiger partial charge in [0.2, 0.25) is 0 Å². The van der Waals surface area contributed by atoms with Crippen LogP contribution in [0.1, 0.15) is 20.8 Å². The fourth-order valence-corrected chi connectivity index (χ4v) is 1.53. The van der Waals surface area contributed by atoms with E-state index < -0.39 is 6.16 Å². The Bertz CT molecular complexity index is 332. The van der Waals surface area contributed by atoms with E-state index in [2.05, 4.69) is 0 Å². The fourth-order valence-electron chi connectivity index (χ4n) is 1.53. The lowest BCUT2D eigenvalue weighted by Crippen LogP contribution is -2.45. The Kier molecular flexibility index (Phi) is 6.62. The van der Waals surface area contributed by atoms with Crippen molar-refractivity contribution in [3.05, 3.63) is 24.3 Å². The van der Waals surface area contributed by atoms with Crippen LogP contribution in [0.3, 0.4) is 0 Å². The molecule has 0 aromatic heterocycles. The van der Waals surface area contributed by atoms with Crippen molar-refractivity contribution in [1.29, 1.82) is 0 Å². The summed E-state index contributed by atoms with van der Waals surface area (Å²) in [7, 11) is 1.61. The van der Waals surface area contributed by atoms with Crippen molar-refractivity contribution in [1.82, 2.24) is 0 Å². The summed E-state index contributed by atoms with van der Waals surface area (Å²) in [5, 5.41) is 0. The van der Waals surface area contributed by atoms with Crippen molar-refractivity contribution in [2.75, 3.05) is 26.9 Å². The Morgan fingerprint density at radius 1 is 0.789 bits per heavy atom. The highest BCUT2D eigenvalue weighted by molar-refractivity contribution is 5.31. The average molecular weight is 270 g/mol. The van der Waals surface area contributed by atoms with E-state index in [-0.39, 0.29) is 0 Å². The van der Waals surface area contributed by atoms with E-state index in [0.717, 1.165) is 5.75 Å². The third-order valence-corrected chi connectivity index (χ3v) is 2.27. The molecule has 0 amide bonds. The maximum Gasteiger partial charge on any atom is 0.460 e. The second-order valence-corrected chi connectivity index (χ2v) is 3.58. The Labute approximate surface area is 114 Å². The van der Waals surface area contributed by atoms with Gasteiger partial charge in [-0.1, -0.05) is 0 Å². The number of benzene rings is 1. The first-order valence-corrected chi connectivity index (χ1v) is 6.44. The van der Waals surface area contributed by atoms with Gasteiger partial charge in [-0.3, -0.25) is 14.2 Å². The van der Waals surface area contributed by atoms with Crippen LogP contribution in [0, 0.1) is 0 Å². The molecule has 0 spiro atoms. The molecule has 0 aliphatic carbocycles. The number of methoxy groups -OCH3 is 1. The summed E-state index contributed by atoms with van der Waals surface area (Å²) in [6.45, 7) is 6.79. The molecular formula is C14H22O5. The van der Waals surface area contributed by atoms with Gasteiger partial charge in [0, 0.05) is 0 Å². The van der Waals surface area contributed by atoms with E-state index >= 15 is 0 Å². The SMILES string of the molecule is CCOC(OCC)(OCC)Oc1ccc(OC)cc1. The molecule has 0 bridgehead atoms. The predicted octanol–water partition coefficient (Wildman–Crippen LogP) is 2.79. The van der Waals surface area contributed by atoms with Crippen LogP contribution in [0.4, 0.5) is 0 Å². The Balaban J connectivity index is 2.84. The van der Waals surface area contributed by atoms with Crippen molar-refractivity contribution in [2.45, 2.75) is 26.9 Å². The Morgan fingerprint density at radius 3 is 1.58 bits per heavy atom. The highest BCUT2D eigenvalue weighted by Gasteiger charge is 2.36. The minimum atomic E-state index is -1.49. The van der Waals surface area contributed by atoms with Crippen LogP contribution in [0.5, 0.6) is 11.5 Å². The van der Waals surface area contributed by atoms with Crippen LogP contribution in [0.25, 0.3) is 0 Å². The summed E-state index contributed by atoms with van der Waals surface area (Å²) >= 11 is 0. The normalized spacial score (nSPS) is 11.4. The molecule has 0 aliphatic rings. The topological polar surface area (TPSA) is 46.2 Å². The molecule has 108 valence electrons. The van der Waals surface area contributed by atoms with Gasteiger partial charge < -0.3 is 9.47 Å². The quantitative estimate of drug-likeness (QED) is 0.646. The molecule has 0 saturated heterocycles. The van der Waals surface area contributed by atoms with Crippen molar-refractivity contribution >= 4 is 0 Å². The number of rotatable bonds is 9. The number of hydrogen-bond acceptors (Lipinski definition) is 5. The lowest BCUT2D eigenvalue weighted by Gasteiger charge is -2.31. The predicted molar refractivity (Wildman–Crippen MR) is 71.2 cm³/mol. The number of hydrogen-bond donors (Lipinski definition) is 0. The van der Waals surface area contributed by atoms with Gasteiger partial charge in [-0.15, -0.1) is 0 Å². The lowest BCUT2D eigenvalue weighted by molar-refractivity contribution is -0.467. The zero-order chi connectivity index (χ0) is 14.1. The largest absolute Gasteiger partial charge is 0.497 e. The van der Waals surface area contributed by atoms with Crippen molar-refractivity contribution in [2.24, 2.45) is 0 Å². The standard InChI is InChI=1S/C14H22O5/c1-5-16-14(17-6-2,18-7-3)19-13-10-8-12(15-4)9-11-13/h8-11H,5-7H2,1-4H3. The molecule has 0 atom stereocenters. The zero-order valence-electron chi connectivity index (χ0n) is 12.0. The van der Waals surface area contributed by atoms with Gasteiger partial charge in [0.1, 0.15) is 11.5 Å². The molecule has 1 aromatic carbocycles. The van der Waals surface area contributed by atoms with E-state index in [4.69, 9.17) is 23.7 Å². The summed E-state index contributed by atoms with van der Waals surface area (Å²) in [5.74, 6) is 1.33. The number of ether oxygens (including phenoxy) is 5. The first-order chi connectivity index (χ1) is 9.19. The van der Waals surface area contributed by atoms with Crippen LogP contribution < -0.4 is 9.47 Å². The van der Waals surface area contributed by atoms with E-state index in [1.807, 2.05) is 20.8 Å². The van der Waals surface area contributed by atoms with Crippen molar-refractivity contribution in [3.8, 4) is 11.5 Å². The van der Waals surface area contributed by atoms with Crippen molar-refractivity contribution in [3.63, 3.8) is 0 Å². The fraction of sp³-hybridized carbons (Fsp3) is 0.571. The first kappa shape index (κ1) is 15.8. The molecule has 0 aliphatic heterocycles. The molecular weight excluding hydrogens is 248 g/mol. The highest BCUT2D eigenvalue weighted by Crippen LogP contribution is 2.24. The Morgan fingerprint density at radius 2 is 1.21 bits per heavy atom. The maximum absolute atomic E-state index is 5.70. The molecule has 0 saturated carbocycles.